The van der Waals surface area contributed by atoms with Crippen molar-refractivity contribution < 1.29 is 0 Å². The highest BCUT2D eigenvalue weighted by molar-refractivity contribution is 6.39. The van der Waals surface area contributed by atoms with E-state index in [1.807, 2.05) is 0 Å². The third kappa shape index (κ3) is 1.75. The van der Waals surface area contributed by atoms with Gasteiger partial charge in [-0.1, -0.05) is 34.5 Å². The van der Waals surface area contributed by atoms with Crippen LogP contribution in [0, 0.1) is 0 Å². The molecule has 0 radical (unpaired) electrons. The van der Waals surface area contributed by atoms with Gasteiger partial charge in [0.2, 0.25) is 0 Å². The van der Waals surface area contributed by atoms with Crippen molar-refractivity contribution in [2.24, 2.45) is 0 Å². The van der Waals surface area contributed by atoms with Gasteiger partial charge in [0.05, 0.1) is 28.1 Å². The fraction of sp³-hybridized carbons (Fsp3) is 0. The van der Waals surface area contributed by atoms with Crippen molar-refractivity contribution in [3.8, 4) is 11.3 Å². The van der Waals surface area contributed by atoms with E-state index in [0.29, 0.717) is 26.9 Å². The highest BCUT2D eigenvalue weighted by Crippen LogP contribution is 2.33. The van der Waals surface area contributed by atoms with Crippen LogP contribution in [0.25, 0.3) is 16.9 Å². The third-order valence-electron chi connectivity index (χ3n) is 2.37. The zero-order valence-corrected chi connectivity index (χ0v) is 10.0. The molecule has 0 aliphatic carbocycles. The first kappa shape index (κ1) is 10.5. The molecule has 0 saturated carbocycles. The Labute approximate surface area is 107 Å². The molecule has 17 heavy (non-hydrogen) atoms. The predicted octanol–water partition coefficient (Wildman–Crippen LogP) is 3.10. The lowest BCUT2D eigenvalue weighted by Crippen LogP contribution is -1.90. The van der Waals surface area contributed by atoms with Crippen LogP contribution in [0.1, 0.15) is 0 Å². The molecule has 3 aromatic rings. The number of fused-ring (bicyclic) bond motifs is 1. The van der Waals surface area contributed by atoms with Gasteiger partial charge in [0.15, 0.2) is 5.65 Å². The van der Waals surface area contributed by atoms with E-state index in [1.165, 1.54) is 0 Å². The molecule has 2 aromatic heterocycles. The van der Waals surface area contributed by atoms with Crippen LogP contribution in [0.3, 0.4) is 0 Å². The summed E-state index contributed by atoms with van der Waals surface area (Å²) in [5, 5.41) is 8.80. The van der Waals surface area contributed by atoms with E-state index in [0.717, 1.165) is 0 Å². The summed E-state index contributed by atoms with van der Waals surface area (Å²) >= 11 is 12.2. The van der Waals surface area contributed by atoms with Gasteiger partial charge in [-0.05, 0) is 12.1 Å². The molecule has 0 saturated heterocycles. The van der Waals surface area contributed by atoms with Crippen molar-refractivity contribution >= 4 is 28.8 Å². The number of aromatic nitrogens is 4. The van der Waals surface area contributed by atoms with Gasteiger partial charge in [-0.25, -0.2) is 9.50 Å². The van der Waals surface area contributed by atoms with Gasteiger partial charge in [0.25, 0.3) is 0 Å². The molecule has 0 fully saturated rings. The van der Waals surface area contributed by atoms with Crippen LogP contribution in [0.4, 0.5) is 0 Å². The fourth-order valence-electron chi connectivity index (χ4n) is 1.62. The topological polar surface area (TPSA) is 43.1 Å². The second-order valence-corrected chi connectivity index (χ2v) is 4.26. The van der Waals surface area contributed by atoms with Crippen LogP contribution in [0.15, 0.2) is 36.7 Å². The number of benzene rings is 1. The number of imidazole rings is 1. The molecule has 0 bridgehead atoms. The number of halogens is 2. The second kappa shape index (κ2) is 3.98. The Hall–Kier alpha value is -1.65. The summed E-state index contributed by atoms with van der Waals surface area (Å²) in [5.74, 6) is 0. The molecule has 6 heteroatoms. The van der Waals surface area contributed by atoms with Crippen molar-refractivity contribution in [3.63, 3.8) is 0 Å². The Morgan fingerprint density at radius 2 is 1.82 bits per heavy atom. The zero-order chi connectivity index (χ0) is 11.8. The average molecular weight is 265 g/mol. The number of hydrogen-bond acceptors (Lipinski definition) is 3. The van der Waals surface area contributed by atoms with Crippen molar-refractivity contribution in [2.75, 3.05) is 0 Å². The van der Waals surface area contributed by atoms with E-state index in [4.69, 9.17) is 23.2 Å². The molecule has 4 nitrogen and oxygen atoms in total. The molecular weight excluding hydrogens is 259 g/mol. The summed E-state index contributed by atoms with van der Waals surface area (Å²) in [5.41, 5.74) is 2.09. The summed E-state index contributed by atoms with van der Waals surface area (Å²) in [7, 11) is 0. The Balaban J connectivity index is 2.27. The molecule has 1 aromatic carbocycles. The first-order chi connectivity index (χ1) is 8.25. The van der Waals surface area contributed by atoms with Gasteiger partial charge in [-0.15, -0.1) is 5.10 Å². The number of rotatable bonds is 1. The van der Waals surface area contributed by atoms with Crippen LogP contribution in [0.2, 0.25) is 10.0 Å². The van der Waals surface area contributed by atoms with E-state index in [9.17, 15) is 0 Å². The number of nitrogens with zero attached hydrogens (tertiary/aromatic N) is 4. The predicted molar refractivity (Wildman–Crippen MR) is 66.2 cm³/mol. The molecular formula is C11H6Cl2N4. The van der Waals surface area contributed by atoms with Gasteiger partial charge in [0, 0.05) is 11.6 Å². The van der Waals surface area contributed by atoms with Gasteiger partial charge in [-0.2, -0.15) is 0 Å². The second-order valence-electron chi connectivity index (χ2n) is 3.45. The molecule has 0 aliphatic rings. The normalized spacial score (nSPS) is 10.9. The molecule has 0 spiro atoms. The minimum atomic E-state index is 0.564. The maximum Gasteiger partial charge on any atom is 0.157 e. The fourth-order valence-corrected chi connectivity index (χ4v) is 2.21. The quantitative estimate of drug-likeness (QED) is 0.679. The molecule has 0 N–H and O–H groups in total. The Kier molecular flexibility index (Phi) is 2.46. The standard InChI is InChI=1S/C11H6Cl2N4/c12-7-2-1-3-8(13)11(7)9-6-17-10(15-9)4-5-14-16-17/h1-6H. The summed E-state index contributed by atoms with van der Waals surface area (Å²) in [6, 6.07) is 7.11. The molecule has 0 amide bonds. The van der Waals surface area contributed by atoms with Crippen LogP contribution in [-0.4, -0.2) is 19.8 Å². The van der Waals surface area contributed by atoms with Gasteiger partial charge in [0.1, 0.15) is 0 Å². The van der Waals surface area contributed by atoms with Crippen LogP contribution < -0.4 is 0 Å². The largest absolute Gasteiger partial charge is 0.227 e. The summed E-state index contributed by atoms with van der Waals surface area (Å²) in [6.07, 6.45) is 3.33. The molecule has 0 unspecified atom stereocenters. The first-order valence-electron chi connectivity index (χ1n) is 4.87. The molecule has 3 rings (SSSR count). The van der Waals surface area contributed by atoms with Crippen molar-refractivity contribution in [1.29, 1.82) is 0 Å². The lowest BCUT2D eigenvalue weighted by molar-refractivity contribution is 0.807. The molecule has 0 atom stereocenters. The monoisotopic (exact) mass is 264 g/mol. The van der Waals surface area contributed by atoms with Gasteiger partial charge >= 0.3 is 0 Å². The van der Waals surface area contributed by atoms with Crippen LogP contribution in [0.5, 0.6) is 0 Å². The van der Waals surface area contributed by atoms with Gasteiger partial charge < -0.3 is 0 Å². The smallest absolute Gasteiger partial charge is 0.157 e. The third-order valence-corrected chi connectivity index (χ3v) is 3.00. The summed E-state index contributed by atoms with van der Waals surface area (Å²) < 4.78 is 1.58. The SMILES string of the molecule is Clc1cccc(Cl)c1-c1cn2nnccc2n1. The minimum Gasteiger partial charge on any atom is -0.227 e. The highest BCUT2D eigenvalue weighted by Gasteiger charge is 2.12. The number of hydrogen-bond donors (Lipinski definition) is 0. The highest BCUT2D eigenvalue weighted by atomic mass is 35.5. The average Bonchev–Trinajstić information content (AvgIpc) is 2.71. The van der Waals surface area contributed by atoms with Crippen molar-refractivity contribution in [2.45, 2.75) is 0 Å². The van der Waals surface area contributed by atoms with Crippen molar-refractivity contribution in [3.05, 3.63) is 46.7 Å². The van der Waals surface area contributed by atoms with E-state index in [-0.39, 0.29) is 0 Å². The van der Waals surface area contributed by atoms with E-state index in [2.05, 4.69) is 15.3 Å². The lowest BCUT2D eigenvalue weighted by Gasteiger charge is -2.02. The lowest BCUT2D eigenvalue weighted by atomic mass is 10.2. The van der Waals surface area contributed by atoms with E-state index >= 15 is 0 Å². The first-order valence-corrected chi connectivity index (χ1v) is 5.63. The Morgan fingerprint density at radius 3 is 2.53 bits per heavy atom. The molecule has 0 aliphatic heterocycles. The zero-order valence-electron chi connectivity index (χ0n) is 8.51. The minimum absolute atomic E-state index is 0.564. The van der Waals surface area contributed by atoms with Gasteiger partial charge in [-0.3, -0.25) is 0 Å². The van der Waals surface area contributed by atoms with E-state index < -0.39 is 0 Å². The molecule has 84 valence electrons. The Morgan fingerprint density at radius 1 is 1.06 bits per heavy atom. The maximum absolute atomic E-state index is 6.12. The maximum atomic E-state index is 6.12. The van der Waals surface area contributed by atoms with Crippen LogP contribution >= 0.6 is 23.2 Å². The van der Waals surface area contributed by atoms with E-state index in [1.54, 1.807) is 41.2 Å². The summed E-state index contributed by atoms with van der Waals surface area (Å²) in [4.78, 5) is 4.40. The van der Waals surface area contributed by atoms with Crippen molar-refractivity contribution in [1.82, 2.24) is 19.8 Å². The summed E-state index contributed by atoms with van der Waals surface area (Å²) in [6.45, 7) is 0. The Bertz CT molecular complexity index is 640. The molecule has 2 heterocycles. The van der Waals surface area contributed by atoms with Crippen LogP contribution in [-0.2, 0) is 0 Å².